The van der Waals surface area contributed by atoms with Crippen LogP contribution in [0.2, 0.25) is 0 Å². The minimum absolute atomic E-state index is 0.220. The van der Waals surface area contributed by atoms with Crippen LogP contribution in [0.5, 0.6) is 0 Å². The second-order valence-corrected chi connectivity index (χ2v) is 4.29. The highest BCUT2D eigenvalue weighted by molar-refractivity contribution is 7.37. The Labute approximate surface area is 81.7 Å². The van der Waals surface area contributed by atoms with Crippen molar-refractivity contribution < 1.29 is 13.2 Å². The van der Waals surface area contributed by atoms with Crippen LogP contribution in [-0.4, -0.2) is 16.6 Å². The Kier molecular flexibility index (Phi) is 3.43. The zero-order valence-electron chi connectivity index (χ0n) is 7.76. The van der Waals surface area contributed by atoms with E-state index in [2.05, 4.69) is 9.97 Å². The Morgan fingerprint density at radius 1 is 1.29 bits per heavy atom. The molecule has 1 unspecified atom stereocenters. The van der Waals surface area contributed by atoms with Crippen molar-refractivity contribution in [2.45, 2.75) is 18.8 Å². The summed E-state index contributed by atoms with van der Waals surface area (Å²) in [5, 5.41) is 0. The molecule has 14 heavy (non-hydrogen) atoms. The lowest BCUT2D eigenvalue weighted by Gasteiger charge is -2.09. The fraction of sp³-hybridized carbons (Fsp3) is 0.500. The Balaban J connectivity index is 2.89. The maximum Gasteiger partial charge on any atom is 0.451 e. The second-order valence-electron chi connectivity index (χ2n) is 2.85. The Hall–Kier alpha value is -0.700. The van der Waals surface area contributed by atoms with Crippen LogP contribution in [-0.2, 0) is 6.18 Å². The molecule has 0 aromatic carbocycles. The van der Waals surface area contributed by atoms with E-state index in [4.69, 9.17) is 0 Å². The molecule has 0 aliphatic carbocycles. The number of halogens is 3. The van der Waals surface area contributed by atoms with Gasteiger partial charge in [0.25, 0.3) is 0 Å². The molecule has 0 saturated carbocycles. The van der Waals surface area contributed by atoms with Crippen LogP contribution in [0.3, 0.4) is 0 Å². The van der Waals surface area contributed by atoms with Crippen LogP contribution in [0.4, 0.5) is 13.2 Å². The lowest BCUT2D eigenvalue weighted by Crippen LogP contribution is -2.10. The van der Waals surface area contributed by atoms with Crippen molar-refractivity contribution in [3.63, 3.8) is 0 Å². The number of hydrogen-bond donors (Lipinski definition) is 0. The number of aromatic nitrogens is 2. The third-order valence-corrected chi connectivity index (χ3v) is 3.06. The van der Waals surface area contributed by atoms with E-state index in [9.17, 15) is 13.2 Å². The molecule has 0 aliphatic heterocycles. The number of nitrogens with zero attached hydrogens (tertiary/aromatic N) is 2. The summed E-state index contributed by atoms with van der Waals surface area (Å²) in [6.45, 7) is 3.92. The molecular formula is C8H10F3N2P. The van der Waals surface area contributed by atoms with Gasteiger partial charge in [-0.05, 0) is 12.2 Å². The molecule has 0 saturated heterocycles. The van der Waals surface area contributed by atoms with Gasteiger partial charge in [-0.3, -0.25) is 0 Å². The number of alkyl halides is 3. The summed E-state index contributed by atoms with van der Waals surface area (Å²) in [5.41, 5.74) is 0.969. The number of hydrogen-bond acceptors (Lipinski definition) is 2. The highest BCUT2D eigenvalue weighted by Gasteiger charge is 2.34. The molecule has 2 atom stereocenters. The third-order valence-electron chi connectivity index (χ3n) is 1.86. The first-order valence-corrected chi connectivity index (χ1v) is 5.59. The van der Waals surface area contributed by atoms with E-state index in [0.717, 1.165) is 5.56 Å². The minimum Gasteiger partial charge on any atom is -0.233 e. The van der Waals surface area contributed by atoms with Crippen LogP contribution in [0.1, 0.15) is 24.0 Å². The molecule has 0 N–H and O–H groups in total. The lowest BCUT2D eigenvalue weighted by molar-refractivity contribution is -0.145. The van der Waals surface area contributed by atoms with Crippen molar-refractivity contribution in [1.82, 2.24) is 9.97 Å². The first-order valence-electron chi connectivity index (χ1n) is 4.01. The molecule has 0 aliphatic rings. The fourth-order valence-electron chi connectivity index (χ4n) is 0.875. The molecule has 1 aromatic heterocycles. The maximum absolute atomic E-state index is 12.1. The second kappa shape index (κ2) is 4.22. The van der Waals surface area contributed by atoms with E-state index in [1.807, 2.05) is 13.6 Å². The summed E-state index contributed by atoms with van der Waals surface area (Å²) in [6.07, 6.45) is -1.95. The highest BCUT2D eigenvalue weighted by atomic mass is 31.1. The highest BCUT2D eigenvalue weighted by Crippen LogP contribution is 2.31. The van der Waals surface area contributed by atoms with Gasteiger partial charge in [0.2, 0.25) is 5.82 Å². The zero-order chi connectivity index (χ0) is 10.8. The van der Waals surface area contributed by atoms with Crippen LogP contribution in [0, 0.1) is 0 Å². The van der Waals surface area contributed by atoms with E-state index in [1.54, 1.807) is 0 Å². The summed E-state index contributed by atoms with van der Waals surface area (Å²) in [7, 11) is 0.631. The van der Waals surface area contributed by atoms with E-state index < -0.39 is 12.0 Å². The van der Waals surface area contributed by atoms with Gasteiger partial charge in [-0.2, -0.15) is 13.2 Å². The van der Waals surface area contributed by atoms with Crippen LogP contribution >= 0.6 is 8.58 Å². The van der Waals surface area contributed by atoms with Crippen molar-refractivity contribution in [1.29, 1.82) is 0 Å². The largest absolute Gasteiger partial charge is 0.451 e. The van der Waals surface area contributed by atoms with Crippen molar-refractivity contribution in [2.24, 2.45) is 0 Å². The van der Waals surface area contributed by atoms with E-state index >= 15 is 0 Å². The molecule has 0 radical (unpaired) electrons. The molecule has 78 valence electrons. The average Bonchev–Trinajstić information content (AvgIpc) is 2.15. The summed E-state index contributed by atoms with van der Waals surface area (Å²) >= 11 is 0. The van der Waals surface area contributed by atoms with Crippen molar-refractivity contribution in [3.8, 4) is 0 Å². The zero-order valence-corrected chi connectivity index (χ0v) is 8.76. The summed E-state index contributed by atoms with van der Waals surface area (Å²) < 4.78 is 36.2. The van der Waals surface area contributed by atoms with Crippen molar-refractivity contribution >= 4 is 8.58 Å². The van der Waals surface area contributed by atoms with Gasteiger partial charge in [-0.25, -0.2) is 9.97 Å². The van der Waals surface area contributed by atoms with Gasteiger partial charge in [0, 0.05) is 18.1 Å². The summed E-state index contributed by atoms with van der Waals surface area (Å²) in [6, 6.07) is 0. The first kappa shape index (κ1) is 11.4. The quantitative estimate of drug-likeness (QED) is 0.719. The Bertz CT molecular complexity index is 296. The number of rotatable bonds is 2. The van der Waals surface area contributed by atoms with Gasteiger partial charge in [-0.15, -0.1) is 8.58 Å². The average molecular weight is 222 g/mol. The van der Waals surface area contributed by atoms with E-state index in [1.165, 1.54) is 12.4 Å². The topological polar surface area (TPSA) is 25.8 Å². The molecule has 1 aromatic rings. The molecule has 1 rings (SSSR count). The van der Waals surface area contributed by atoms with Gasteiger partial charge in [0.1, 0.15) is 0 Å². The molecule has 0 bridgehead atoms. The van der Waals surface area contributed by atoms with Crippen molar-refractivity contribution in [3.05, 3.63) is 23.8 Å². The van der Waals surface area contributed by atoms with Crippen LogP contribution in [0.25, 0.3) is 0 Å². The van der Waals surface area contributed by atoms with Gasteiger partial charge in [0.05, 0.1) is 0 Å². The summed E-state index contributed by atoms with van der Waals surface area (Å²) in [4.78, 5) is 6.57. The predicted octanol–water partition coefficient (Wildman–Crippen LogP) is 2.86. The van der Waals surface area contributed by atoms with E-state index in [-0.39, 0.29) is 5.66 Å². The van der Waals surface area contributed by atoms with Gasteiger partial charge in [-0.1, -0.05) is 6.92 Å². The van der Waals surface area contributed by atoms with Crippen LogP contribution < -0.4 is 0 Å². The van der Waals surface area contributed by atoms with Crippen molar-refractivity contribution in [2.75, 3.05) is 6.66 Å². The normalized spacial score (nSPS) is 14.9. The molecule has 0 fully saturated rings. The molecule has 0 spiro atoms. The monoisotopic (exact) mass is 222 g/mol. The van der Waals surface area contributed by atoms with Crippen LogP contribution in [0.15, 0.2) is 12.4 Å². The molecule has 1 heterocycles. The summed E-state index contributed by atoms with van der Waals surface area (Å²) in [5.74, 6) is -1.08. The lowest BCUT2D eigenvalue weighted by atomic mass is 10.2. The van der Waals surface area contributed by atoms with E-state index in [0.29, 0.717) is 8.58 Å². The SMILES string of the molecule is CP[C@H](C)c1cnc(C(F)(F)F)nc1. The third kappa shape index (κ3) is 2.64. The molecule has 2 nitrogen and oxygen atoms in total. The fourth-order valence-corrected chi connectivity index (χ4v) is 1.36. The van der Waals surface area contributed by atoms with Gasteiger partial charge >= 0.3 is 6.18 Å². The molecular weight excluding hydrogens is 212 g/mol. The van der Waals surface area contributed by atoms with Gasteiger partial charge < -0.3 is 0 Å². The Morgan fingerprint density at radius 2 is 1.79 bits per heavy atom. The maximum atomic E-state index is 12.1. The predicted molar refractivity (Wildman–Crippen MR) is 49.7 cm³/mol. The molecule has 6 heteroatoms. The smallest absolute Gasteiger partial charge is 0.233 e. The minimum atomic E-state index is -4.45. The molecule has 0 amide bonds. The Morgan fingerprint density at radius 3 is 2.14 bits per heavy atom. The standard InChI is InChI=1S/C8H10F3N2P/c1-5(14-2)6-3-12-7(13-4-6)8(9,10)11/h3-5,14H,1-2H3/t5-/m1/s1. The van der Waals surface area contributed by atoms with Gasteiger partial charge in [0.15, 0.2) is 0 Å². The first-order chi connectivity index (χ1) is 6.45.